The standard InChI is InChI=1S/C25H27ClF2N4O4/c1-16(34)32(30-13-18-7-8-19(27)9-22(18)26)20(11-25(2,3)35)14-36-31(15-33)24-10-21-17(12-29-24)5-4-6-23(21)28/h4-10,12,15,20,30,35H,11,13-14H2,1-3H3/t20-/m0/s1. The highest BCUT2D eigenvalue weighted by atomic mass is 35.5. The van der Waals surface area contributed by atoms with Crippen LogP contribution in [0.5, 0.6) is 0 Å². The zero-order chi connectivity index (χ0) is 26.5. The van der Waals surface area contributed by atoms with Crippen molar-refractivity contribution in [2.75, 3.05) is 11.7 Å². The lowest BCUT2D eigenvalue weighted by atomic mass is 9.99. The lowest BCUT2D eigenvalue weighted by Gasteiger charge is -2.35. The van der Waals surface area contributed by atoms with E-state index in [0.717, 1.165) is 11.1 Å². The number of nitrogens with zero attached hydrogens (tertiary/aromatic N) is 3. The molecule has 0 bridgehead atoms. The number of rotatable bonds is 11. The molecule has 0 spiro atoms. The fourth-order valence-electron chi connectivity index (χ4n) is 3.69. The van der Waals surface area contributed by atoms with Crippen LogP contribution in [0, 0.1) is 11.6 Å². The van der Waals surface area contributed by atoms with Crippen LogP contribution in [0.4, 0.5) is 14.6 Å². The number of fused-ring (bicyclic) bond motifs is 1. The zero-order valence-corrected chi connectivity index (χ0v) is 20.8. The minimum absolute atomic E-state index is 0.0463. The number of aromatic nitrogens is 1. The summed E-state index contributed by atoms with van der Waals surface area (Å²) in [6, 6.07) is 9.06. The van der Waals surface area contributed by atoms with Crippen LogP contribution in [0.2, 0.25) is 5.02 Å². The van der Waals surface area contributed by atoms with Crippen molar-refractivity contribution < 1.29 is 28.3 Å². The van der Waals surface area contributed by atoms with Crippen molar-refractivity contribution in [3.8, 4) is 0 Å². The van der Waals surface area contributed by atoms with Crippen molar-refractivity contribution in [2.45, 2.75) is 45.4 Å². The van der Waals surface area contributed by atoms with Crippen LogP contribution in [0.25, 0.3) is 10.8 Å². The molecule has 2 amide bonds. The van der Waals surface area contributed by atoms with Gasteiger partial charge in [-0.1, -0.05) is 29.8 Å². The number of anilines is 1. The first kappa shape index (κ1) is 27.4. The van der Waals surface area contributed by atoms with E-state index in [4.69, 9.17) is 16.4 Å². The molecule has 3 aromatic rings. The summed E-state index contributed by atoms with van der Waals surface area (Å²) >= 11 is 6.09. The van der Waals surface area contributed by atoms with Crippen molar-refractivity contribution in [1.29, 1.82) is 0 Å². The number of hydrogen-bond acceptors (Lipinski definition) is 6. The average Bonchev–Trinajstić information content (AvgIpc) is 2.80. The van der Waals surface area contributed by atoms with Gasteiger partial charge in [-0.15, -0.1) is 0 Å². The van der Waals surface area contributed by atoms with E-state index in [2.05, 4.69) is 10.4 Å². The molecule has 11 heteroatoms. The maximum atomic E-state index is 14.2. The van der Waals surface area contributed by atoms with Gasteiger partial charge in [0.15, 0.2) is 5.82 Å². The van der Waals surface area contributed by atoms with E-state index < -0.39 is 29.2 Å². The van der Waals surface area contributed by atoms with Gasteiger partial charge in [-0.05, 0) is 50.1 Å². The number of benzene rings is 2. The number of hydrazine groups is 1. The summed E-state index contributed by atoms with van der Waals surface area (Å²) in [4.78, 5) is 34.1. The van der Waals surface area contributed by atoms with Gasteiger partial charge >= 0.3 is 0 Å². The van der Waals surface area contributed by atoms with E-state index in [9.17, 15) is 23.5 Å². The largest absolute Gasteiger partial charge is 0.390 e. The lowest BCUT2D eigenvalue weighted by molar-refractivity contribution is -0.139. The van der Waals surface area contributed by atoms with E-state index in [1.54, 1.807) is 26.0 Å². The average molecular weight is 521 g/mol. The normalized spacial score (nSPS) is 12.4. The summed E-state index contributed by atoms with van der Waals surface area (Å²) in [6.45, 7) is 4.33. The van der Waals surface area contributed by atoms with Gasteiger partial charge in [0.2, 0.25) is 12.3 Å². The van der Waals surface area contributed by atoms with E-state index in [1.165, 1.54) is 42.4 Å². The van der Waals surface area contributed by atoms with Gasteiger partial charge in [0, 0.05) is 35.5 Å². The second kappa shape index (κ2) is 11.7. The Morgan fingerprint density at radius 3 is 2.67 bits per heavy atom. The van der Waals surface area contributed by atoms with Crippen LogP contribution in [-0.4, -0.2) is 45.7 Å². The first-order chi connectivity index (χ1) is 17.0. The number of aliphatic hydroxyl groups is 1. The molecular formula is C25H27ClF2N4O4. The molecule has 2 N–H and O–H groups in total. The Labute approximate surface area is 212 Å². The summed E-state index contributed by atoms with van der Waals surface area (Å²) < 4.78 is 27.6. The third kappa shape index (κ3) is 7.17. The Balaban J connectivity index is 1.80. The number of pyridine rings is 1. The maximum absolute atomic E-state index is 14.2. The van der Waals surface area contributed by atoms with Gasteiger partial charge < -0.3 is 5.11 Å². The first-order valence-electron chi connectivity index (χ1n) is 11.1. The van der Waals surface area contributed by atoms with Crippen molar-refractivity contribution in [1.82, 2.24) is 15.4 Å². The van der Waals surface area contributed by atoms with Gasteiger partial charge in [0.05, 0.1) is 18.2 Å². The smallest absolute Gasteiger partial charge is 0.239 e. The van der Waals surface area contributed by atoms with Crippen molar-refractivity contribution in [3.63, 3.8) is 0 Å². The highest BCUT2D eigenvalue weighted by molar-refractivity contribution is 6.31. The molecule has 36 heavy (non-hydrogen) atoms. The lowest BCUT2D eigenvalue weighted by Crippen LogP contribution is -2.53. The molecule has 0 fully saturated rings. The van der Waals surface area contributed by atoms with Gasteiger partial charge in [-0.3, -0.25) is 19.4 Å². The Morgan fingerprint density at radius 1 is 1.28 bits per heavy atom. The molecule has 3 rings (SSSR count). The minimum Gasteiger partial charge on any atom is -0.390 e. The molecule has 1 aromatic heterocycles. The molecule has 2 aromatic carbocycles. The maximum Gasteiger partial charge on any atom is 0.239 e. The van der Waals surface area contributed by atoms with Gasteiger partial charge in [0.1, 0.15) is 11.6 Å². The van der Waals surface area contributed by atoms with Crippen LogP contribution in [-0.2, 0) is 21.0 Å². The van der Waals surface area contributed by atoms with Crippen molar-refractivity contribution >= 4 is 40.5 Å². The fourth-order valence-corrected chi connectivity index (χ4v) is 3.93. The zero-order valence-electron chi connectivity index (χ0n) is 20.0. The summed E-state index contributed by atoms with van der Waals surface area (Å²) in [7, 11) is 0. The van der Waals surface area contributed by atoms with Crippen LogP contribution >= 0.6 is 11.6 Å². The number of amides is 2. The number of halogens is 3. The minimum atomic E-state index is -1.20. The predicted octanol–water partition coefficient (Wildman–Crippen LogP) is 4.14. The van der Waals surface area contributed by atoms with Crippen molar-refractivity contribution in [2.24, 2.45) is 0 Å². The molecule has 0 aliphatic heterocycles. The van der Waals surface area contributed by atoms with E-state index in [0.29, 0.717) is 17.4 Å². The van der Waals surface area contributed by atoms with Crippen LogP contribution in [0.3, 0.4) is 0 Å². The van der Waals surface area contributed by atoms with Crippen LogP contribution in [0.1, 0.15) is 32.8 Å². The van der Waals surface area contributed by atoms with Gasteiger partial charge in [-0.2, -0.15) is 5.06 Å². The SMILES string of the molecule is CC(=O)N(NCc1ccc(F)cc1Cl)[C@H](CON(C=O)c1cc2c(F)cccc2cn1)CC(C)(C)O. The van der Waals surface area contributed by atoms with Crippen LogP contribution in [0.15, 0.2) is 48.7 Å². The number of carbonyl (C=O) groups is 2. The number of carbonyl (C=O) groups excluding carboxylic acids is 2. The number of hydrogen-bond donors (Lipinski definition) is 2. The second-order valence-electron chi connectivity index (χ2n) is 8.86. The Morgan fingerprint density at radius 2 is 2.03 bits per heavy atom. The molecule has 8 nitrogen and oxygen atoms in total. The molecule has 0 saturated carbocycles. The Hall–Kier alpha value is -3.18. The first-order valence-corrected chi connectivity index (χ1v) is 11.5. The highest BCUT2D eigenvalue weighted by Gasteiger charge is 2.29. The molecular weight excluding hydrogens is 494 g/mol. The third-order valence-corrected chi connectivity index (χ3v) is 5.67. The second-order valence-corrected chi connectivity index (χ2v) is 9.27. The molecule has 0 saturated heterocycles. The summed E-state index contributed by atoms with van der Waals surface area (Å²) in [5.41, 5.74) is 2.29. The molecule has 1 heterocycles. The molecule has 1 atom stereocenters. The highest BCUT2D eigenvalue weighted by Crippen LogP contribution is 2.23. The molecule has 0 aliphatic carbocycles. The van der Waals surface area contributed by atoms with Crippen LogP contribution < -0.4 is 10.5 Å². The molecule has 192 valence electrons. The number of hydroxylamine groups is 1. The van der Waals surface area contributed by atoms with Crippen molar-refractivity contribution in [3.05, 3.63) is 70.9 Å². The molecule has 0 aliphatic rings. The van der Waals surface area contributed by atoms with E-state index in [1.807, 2.05) is 0 Å². The van der Waals surface area contributed by atoms with E-state index in [-0.39, 0.29) is 35.8 Å². The molecule has 0 unspecified atom stereocenters. The summed E-state index contributed by atoms with van der Waals surface area (Å²) in [5.74, 6) is -1.32. The fraction of sp³-hybridized carbons (Fsp3) is 0.320. The number of nitrogens with one attached hydrogen (secondary N) is 1. The quantitative estimate of drug-likeness (QED) is 0.291. The summed E-state index contributed by atoms with van der Waals surface area (Å²) in [5, 5.41) is 13.5. The van der Waals surface area contributed by atoms with Gasteiger partial charge in [-0.25, -0.2) is 19.2 Å². The molecule has 0 radical (unpaired) electrons. The topological polar surface area (TPSA) is 95.0 Å². The predicted molar refractivity (Wildman–Crippen MR) is 132 cm³/mol. The Kier molecular flexibility index (Phi) is 8.91. The third-order valence-electron chi connectivity index (χ3n) is 5.32. The van der Waals surface area contributed by atoms with E-state index >= 15 is 0 Å². The Bertz CT molecular complexity index is 1240. The van der Waals surface area contributed by atoms with Gasteiger partial charge in [0.25, 0.3) is 0 Å². The summed E-state index contributed by atoms with van der Waals surface area (Å²) in [6.07, 6.45) is 1.86. The monoisotopic (exact) mass is 520 g/mol.